The third kappa shape index (κ3) is 4.07. The summed E-state index contributed by atoms with van der Waals surface area (Å²) in [6, 6.07) is 10.4. The van der Waals surface area contributed by atoms with E-state index >= 15 is 0 Å². The molecular weight excluding hydrogens is 344 g/mol. The van der Waals surface area contributed by atoms with E-state index in [9.17, 15) is 0 Å². The summed E-state index contributed by atoms with van der Waals surface area (Å²) >= 11 is 1.70. The number of hydrogen-bond acceptors (Lipinski definition) is 6. The zero-order chi connectivity index (χ0) is 17.8. The van der Waals surface area contributed by atoms with Gasteiger partial charge in [-0.1, -0.05) is 30.6 Å². The van der Waals surface area contributed by atoms with Crippen LogP contribution in [-0.2, 0) is 0 Å². The second-order valence-corrected chi connectivity index (χ2v) is 7.67. The number of aromatic nitrogens is 2. The highest BCUT2D eigenvalue weighted by Crippen LogP contribution is 2.33. The molecule has 2 aromatic heterocycles. The molecule has 0 saturated heterocycles. The first-order chi connectivity index (χ1) is 12.8. The molecule has 1 saturated carbocycles. The first-order valence-electron chi connectivity index (χ1n) is 9.35. The zero-order valence-corrected chi connectivity index (χ0v) is 15.8. The molecule has 0 spiro atoms. The molecule has 1 aromatic carbocycles. The van der Waals surface area contributed by atoms with E-state index in [4.69, 9.17) is 9.72 Å². The molecular formula is C20H24N4OS. The van der Waals surface area contributed by atoms with Crippen molar-refractivity contribution in [1.82, 2.24) is 9.97 Å². The second-order valence-electron chi connectivity index (χ2n) is 6.64. The third-order valence-electron chi connectivity index (χ3n) is 4.62. The molecule has 1 aliphatic rings. The Morgan fingerprint density at radius 2 is 1.96 bits per heavy atom. The fourth-order valence-electron chi connectivity index (χ4n) is 3.34. The lowest BCUT2D eigenvalue weighted by Gasteiger charge is -2.22. The molecule has 0 aliphatic heterocycles. The van der Waals surface area contributed by atoms with E-state index in [2.05, 4.69) is 21.7 Å². The molecule has 0 unspecified atom stereocenters. The van der Waals surface area contributed by atoms with Crippen molar-refractivity contribution >= 4 is 32.5 Å². The summed E-state index contributed by atoms with van der Waals surface area (Å²) in [4.78, 5) is 9.00. The minimum atomic E-state index is 0.571. The highest BCUT2D eigenvalue weighted by Gasteiger charge is 2.15. The van der Waals surface area contributed by atoms with Gasteiger partial charge in [0.15, 0.2) is 5.13 Å². The largest absolute Gasteiger partial charge is 0.457 e. The molecule has 0 amide bonds. The topological polar surface area (TPSA) is 59.1 Å². The van der Waals surface area contributed by atoms with Crippen LogP contribution in [0.3, 0.4) is 0 Å². The third-order valence-corrected chi connectivity index (χ3v) is 5.57. The molecule has 3 aromatic rings. The number of anilines is 2. The number of benzene rings is 1. The van der Waals surface area contributed by atoms with Gasteiger partial charge in [-0.15, -0.1) is 0 Å². The number of rotatable bonds is 6. The Labute approximate surface area is 157 Å². The second kappa shape index (κ2) is 7.91. The molecule has 136 valence electrons. The number of hydrogen-bond donors (Lipinski definition) is 2. The van der Waals surface area contributed by atoms with Crippen LogP contribution < -0.4 is 15.4 Å². The maximum Gasteiger partial charge on any atom is 0.184 e. The molecule has 26 heavy (non-hydrogen) atoms. The Bertz CT molecular complexity index is 873. The molecule has 2 heterocycles. The summed E-state index contributed by atoms with van der Waals surface area (Å²) in [5, 5.41) is 7.83. The Balaban J connectivity index is 1.49. The lowest BCUT2D eigenvalue weighted by molar-refractivity contribution is 0.462. The van der Waals surface area contributed by atoms with Gasteiger partial charge in [0.2, 0.25) is 0 Å². The van der Waals surface area contributed by atoms with Crippen LogP contribution in [0.4, 0.5) is 10.9 Å². The lowest BCUT2D eigenvalue weighted by atomic mass is 9.96. The van der Waals surface area contributed by atoms with E-state index in [0.717, 1.165) is 39.2 Å². The highest BCUT2D eigenvalue weighted by atomic mass is 32.1. The highest BCUT2D eigenvalue weighted by molar-refractivity contribution is 7.22. The van der Waals surface area contributed by atoms with Gasteiger partial charge in [-0.25, -0.2) is 9.97 Å². The van der Waals surface area contributed by atoms with Gasteiger partial charge in [0.1, 0.15) is 17.3 Å². The predicted molar refractivity (Wildman–Crippen MR) is 109 cm³/mol. The fourth-order valence-corrected chi connectivity index (χ4v) is 4.31. The first-order valence-corrected chi connectivity index (χ1v) is 10.2. The average Bonchev–Trinajstić information content (AvgIpc) is 3.05. The molecule has 0 atom stereocenters. The van der Waals surface area contributed by atoms with Gasteiger partial charge in [0.25, 0.3) is 0 Å². The summed E-state index contributed by atoms with van der Waals surface area (Å²) in [5.41, 5.74) is 1.02. The molecule has 1 aliphatic carbocycles. The molecule has 1 fully saturated rings. The summed E-state index contributed by atoms with van der Waals surface area (Å²) < 4.78 is 7.15. The molecule has 2 N–H and O–H groups in total. The van der Waals surface area contributed by atoms with E-state index in [1.807, 2.05) is 31.2 Å². The van der Waals surface area contributed by atoms with Crippen LogP contribution in [0.2, 0.25) is 0 Å². The molecule has 4 rings (SSSR count). The van der Waals surface area contributed by atoms with Gasteiger partial charge in [-0.3, -0.25) is 0 Å². The van der Waals surface area contributed by atoms with E-state index in [1.54, 1.807) is 17.5 Å². The van der Waals surface area contributed by atoms with Crippen LogP contribution in [0.25, 0.3) is 10.2 Å². The zero-order valence-electron chi connectivity index (χ0n) is 15.0. The van der Waals surface area contributed by atoms with E-state index in [-0.39, 0.29) is 0 Å². The Hall–Kier alpha value is -2.34. The maximum atomic E-state index is 6.01. The van der Waals surface area contributed by atoms with Crippen molar-refractivity contribution < 1.29 is 4.74 Å². The van der Waals surface area contributed by atoms with Crippen molar-refractivity contribution in [1.29, 1.82) is 0 Å². The fraction of sp³-hybridized carbons (Fsp3) is 0.400. The van der Waals surface area contributed by atoms with Gasteiger partial charge in [0, 0.05) is 30.9 Å². The van der Waals surface area contributed by atoms with Crippen molar-refractivity contribution in [2.75, 3.05) is 17.2 Å². The van der Waals surface area contributed by atoms with Crippen LogP contribution in [0, 0.1) is 0 Å². The van der Waals surface area contributed by atoms with Gasteiger partial charge in [0.05, 0.1) is 10.2 Å². The molecule has 0 radical (unpaired) electrons. The molecule has 6 heteroatoms. The van der Waals surface area contributed by atoms with Crippen molar-refractivity contribution in [2.45, 2.75) is 45.1 Å². The van der Waals surface area contributed by atoms with E-state index in [0.29, 0.717) is 6.04 Å². The average molecular weight is 369 g/mol. The van der Waals surface area contributed by atoms with Crippen molar-refractivity contribution in [3.8, 4) is 11.5 Å². The number of pyridine rings is 1. The summed E-state index contributed by atoms with van der Waals surface area (Å²) in [5.74, 6) is 2.42. The van der Waals surface area contributed by atoms with Crippen molar-refractivity contribution in [3.63, 3.8) is 0 Å². The maximum absolute atomic E-state index is 6.01. The number of ether oxygens (including phenoxy) is 1. The minimum Gasteiger partial charge on any atom is -0.457 e. The number of nitrogens with zero attached hydrogens (tertiary/aromatic N) is 2. The number of thiazole rings is 1. The van der Waals surface area contributed by atoms with Crippen LogP contribution in [-0.4, -0.2) is 22.6 Å². The smallest absolute Gasteiger partial charge is 0.184 e. The SMILES string of the molecule is CCNc1cc(Oc2ccc3nc(NC4CCCCC4)sc3c2)ccn1. The molecule has 5 nitrogen and oxygen atoms in total. The van der Waals surface area contributed by atoms with Crippen LogP contribution >= 0.6 is 11.3 Å². The van der Waals surface area contributed by atoms with E-state index in [1.165, 1.54) is 32.1 Å². The van der Waals surface area contributed by atoms with Gasteiger partial charge < -0.3 is 15.4 Å². The van der Waals surface area contributed by atoms with E-state index < -0.39 is 0 Å². The van der Waals surface area contributed by atoms with Crippen LogP contribution in [0.5, 0.6) is 11.5 Å². The summed E-state index contributed by atoms with van der Waals surface area (Å²) in [6.07, 6.45) is 8.26. The summed E-state index contributed by atoms with van der Waals surface area (Å²) in [7, 11) is 0. The van der Waals surface area contributed by atoms with Crippen LogP contribution in [0.1, 0.15) is 39.0 Å². The standard InChI is InChI=1S/C20H24N4OS/c1-2-21-19-13-16(10-11-22-19)25-15-8-9-17-18(12-15)26-20(24-17)23-14-6-4-3-5-7-14/h8-14H,2-7H2,1H3,(H,21,22)(H,23,24). The predicted octanol–water partition coefficient (Wildman–Crippen LogP) is 5.66. The Kier molecular flexibility index (Phi) is 5.20. The lowest BCUT2D eigenvalue weighted by Crippen LogP contribution is -2.21. The van der Waals surface area contributed by atoms with Gasteiger partial charge >= 0.3 is 0 Å². The monoisotopic (exact) mass is 368 g/mol. The van der Waals surface area contributed by atoms with Crippen molar-refractivity contribution in [3.05, 3.63) is 36.5 Å². The quantitative estimate of drug-likeness (QED) is 0.588. The Morgan fingerprint density at radius 1 is 1.12 bits per heavy atom. The molecule has 0 bridgehead atoms. The van der Waals surface area contributed by atoms with Gasteiger partial charge in [-0.05, 0) is 38.0 Å². The Morgan fingerprint density at radius 3 is 2.81 bits per heavy atom. The minimum absolute atomic E-state index is 0.571. The number of nitrogens with one attached hydrogen (secondary N) is 2. The summed E-state index contributed by atoms with van der Waals surface area (Å²) in [6.45, 7) is 2.88. The normalized spacial score (nSPS) is 15.1. The number of fused-ring (bicyclic) bond motifs is 1. The van der Waals surface area contributed by atoms with Crippen LogP contribution in [0.15, 0.2) is 36.5 Å². The van der Waals surface area contributed by atoms with Gasteiger partial charge in [-0.2, -0.15) is 0 Å². The first kappa shape index (κ1) is 17.1. The van der Waals surface area contributed by atoms with Crippen molar-refractivity contribution in [2.24, 2.45) is 0 Å².